The van der Waals surface area contributed by atoms with Crippen molar-refractivity contribution in [3.8, 4) is 0 Å². The van der Waals surface area contributed by atoms with E-state index in [0.717, 1.165) is 22.6 Å². The highest BCUT2D eigenvalue weighted by Gasteiger charge is 2.14. The molecule has 0 unspecified atom stereocenters. The molecule has 0 saturated carbocycles. The smallest absolute Gasteiger partial charge is 0.159 e. The number of hydrogen-bond acceptors (Lipinski definition) is 6. The van der Waals surface area contributed by atoms with Gasteiger partial charge in [0.1, 0.15) is 11.3 Å². The maximum absolute atomic E-state index is 5.75. The van der Waals surface area contributed by atoms with E-state index in [2.05, 4.69) is 25.7 Å². The van der Waals surface area contributed by atoms with E-state index < -0.39 is 0 Å². The molecule has 2 aromatic rings. The zero-order valence-corrected chi connectivity index (χ0v) is 11.8. The van der Waals surface area contributed by atoms with Gasteiger partial charge >= 0.3 is 0 Å². The number of nitrogens with zero attached hydrogens (tertiary/aromatic N) is 5. The summed E-state index contributed by atoms with van der Waals surface area (Å²) in [5, 5.41) is 19.1. The fraction of sp³-hybridized carbons (Fsp3) is 0.364. The van der Waals surface area contributed by atoms with E-state index in [4.69, 9.17) is 18.0 Å². The molecule has 100 valence electrons. The number of nitrogens with one attached hydrogen (secondary N) is 1. The first-order valence-electron chi connectivity index (χ1n) is 5.71. The Morgan fingerprint density at radius 2 is 2.11 bits per heavy atom. The van der Waals surface area contributed by atoms with Gasteiger partial charge in [-0.15, -0.1) is 15.3 Å². The summed E-state index contributed by atoms with van der Waals surface area (Å²) in [5.74, 6) is 1.35. The van der Waals surface area contributed by atoms with Crippen molar-refractivity contribution in [1.29, 1.82) is 0 Å². The van der Waals surface area contributed by atoms with Crippen LogP contribution in [0.1, 0.15) is 22.6 Å². The molecule has 0 saturated heterocycles. The molecule has 0 radical (unpaired) electrons. The van der Waals surface area contributed by atoms with E-state index in [0.29, 0.717) is 17.4 Å². The van der Waals surface area contributed by atoms with Crippen LogP contribution >= 0.6 is 12.2 Å². The minimum atomic E-state index is 0.302. The van der Waals surface area contributed by atoms with Crippen molar-refractivity contribution in [1.82, 2.24) is 25.0 Å². The third-order valence-electron chi connectivity index (χ3n) is 2.92. The molecule has 0 aliphatic carbocycles. The monoisotopic (exact) mass is 277 g/mol. The largest absolute Gasteiger partial charge is 0.389 e. The molecule has 0 atom stereocenters. The molecule has 0 fully saturated rings. The van der Waals surface area contributed by atoms with Crippen molar-refractivity contribution in [2.45, 2.75) is 20.4 Å². The fourth-order valence-corrected chi connectivity index (χ4v) is 1.91. The minimum Gasteiger partial charge on any atom is -0.389 e. The Bertz CT molecular complexity index is 620. The van der Waals surface area contributed by atoms with E-state index in [9.17, 15) is 0 Å². The lowest BCUT2D eigenvalue weighted by molar-refractivity contribution is 0.806. The molecule has 2 heterocycles. The molecule has 19 heavy (non-hydrogen) atoms. The summed E-state index contributed by atoms with van der Waals surface area (Å²) in [6.45, 7) is 4.27. The van der Waals surface area contributed by atoms with Crippen LogP contribution in [0.2, 0.25) is 0 Å². The van der Waals surface area contributed by atoms with Gasteiger partial charge in [0.25, 0.3) is 0 Å². The Balaban J connectivity index is 2.28. The lowest BCUT2D eigenvalue weighted by Crippen LogP contribution is -2.18. The van der Waals surface area contributed by atoms with Gasteiger partial charge in [-0.1, -0.05) is 12.2 Å². The topological polar surface area (TPSA) is 94.5 Å². The molecule has 0 aromatic carbocycles. The molecule has 8 heteroatoms. The SMILES string of the molecule is Cc1nnc(NCc2nncn2C)c(C(N)=S)c1C. The Labute approximate surface area is 116 Å². The van der Waals surface area contributed by atoms with Gasteiger partial charge in [0.05, 0.1) is 17.8 Å². The summed E-state index contributed by atoms with van der Waals surface area (Å²) in [4.78, 5) is 0.302. The lowest BCUT2D eigenvalue weighted by Gasteiger charge is -2.12. The number of anilines is 1. The molecule has 0 spiro atoms. The van der Waals surface area contributed by atoms with Gasteiger partial charge in [-0.3, -0.25) is 0 Å². The number of thiocarbonyl (C=S) groups is 1. The highest BCUT2D eigenvalue weighted by atomic mass is 32.1. The first kappa shape index (κ1) is 13.3. The second kappa shape index (κ2) is 5.27. The van der Waals surface area contributed by atoms with Crippen molar-refractivity contribution < 1.29 is 0 Å². The molecule has 7 nitrogen and oxygen atoms in total. The summed E-state index contributed by atoms with van der Waals surface area (Å²) in [6.07, 6.45) is 1.64. The second-order valence-electron chi connectivity index (χ2n) is 4.21. The van der Waals surface area contributed by atoms with Crippen LogP contribution in [0.25, 0.3) is 0 Å². The third-order valence-corrected chi connectivity index (χ3v) is 3.12. The molecular weight excluding hydrogens is 262 g/mol. The van der Waals surface area contributed by atoms with Crippen molar-refractivity contribution in [3.05, 3.63) is 29.0 Å². The predicted octanol–water partition coefficient (Wildman–Crippen LogP) is 0.468. The van der Waals surface area contributed by atoms with E-state index in [1.54, 1.807) is 6.33 Å². The Morgan fingerprint density at radius 3 is 2.68 bits per heavy atom. The van der Waals surface area contributed by atoms with Crippen molar-refractivity contribution >= 4 is 23.0 Å². The van der Waals surface area contributed by atoms with Gasteiger partial charge in [-0.25, -0.2) is 0 Å². The Morgan fingerprint density at radius 1 is 1.37 bits per heavy atom. The summed E-state index contributed by atoms with van der Waals surface area (Å²) >= 11 is 5.07. The summed E-state index contributed by atoms with van der Waals surface area (Å²) < 4.78 is 1.82. The predicted molar refractivity (Wildman–Crippen MR) is 75.7 cm³/mol. The van der Waals surface area contributed by atoms with Crippen molar-refractivity contribution in [3.63, 3.8) is 0 Å². The summed E-state index contributed by atoms with van der Waals surface area (Å²) in [5.41, 5.74) is 8.23. The summed E-state index contributed by atoms with van der Waals surface area (Å²) in [6, 6.07) is 0. The van der Waals surface area contributed by atoms with Gasteiger partial charge < -0.3 is 15.6 Å². The summed E-state index contributed by atoms with van der Waals surface area (Å²) in [7, 11) is 1.87. The van der Waals surface area contributed by atoms with Gasteiger partial charge in [0, 0.05) is 7.05 Å². The number of aryl methyl sites for hydroxylation is 2. The van der Waals surface area contributed by atoms with Crippen LogP contribution in [0.15, 0.2) is 6.33 Å². The van der Waals surface area contributed by atoms with Gasteiger partial charge in [-0.2, -0.15) is 5.10 Å². The normalized spacial score (nSPS) is 10.5. The molecule has 3 N–H and O–H groups in total. The first-order valence-corrected chi connectivity index (χ1v) is 6.12. The van der Waals surface area contributed by atoms with Gasteiger partial charge in [0.2, 0.25) is 0 Å². The van der Waals surface area contributed by atoms with Crippen LogP contribution in [-0.2, 0) is 13.6 Å². The van der Waals surface area contributed by atoms with E-state index in [1.165, 1.54) is 0 Å². The number of nitrogens with two attached hydrogens (primary N) is 1. The molecule has 0 bridgehead atoms. The average Bonchev–Trinajstić information content (AvgIpc) is 2.76. The molecule has 2 aromatic heterocycles. The fourth-order valence-electron chi connectivity index (χ4n) is 1.66. The zero-order chi connectivity index (χ0) is 14.0. The molecule has 0 amide bonds. The van der Waals surface area contributed by atoms with Crippen LogP contribution in [-0.4, -0.2) is 30.0 Å². The van der Waals surface area contributed by atoms with Crippen LogP contribution in [0.4, 0.5) is 5.82 Å². The van der Waals surface area contributed by atoms with Crippen LogP contribution in [0, 0.1) is 13.8 Å². The third kappa shape index (κ3) is 2.68. The number of hydrogen-bond donors (Lipinski definition) is 2. The molecule has 0 aliphatic heterocycles. The average molecular weight is 277 g/mol. The van der Waals surface area contributed by atoms with Crippen molar-refractivity contribution in [2.75, 3.05) is 5.32 Å². The standard InChI is InChI=1S/C11H15N7S/c1-6-7(2)15-17-11(9(6)10(12)19)13-4-8-16-14-5-18(8)3/h5H,4H2,1-3H3,(H2,12,19)(H,13,17). The van der Waals surface area contributed by atoms with Crippen LogP contribution in [0.5, 0.6) is 0 Å². The maximum atomic E-state index is 5.75. The molecule has 2 rings (SSSR count). The van der Waals surface area contributed by atoms with Gasteiger partial charge in [0.15, 0.2) is 11.6 Å². The molecule has 0 aliphatic rings. The highest BCUT2D eigenvalue weighted by molar-refractivity contribution is 7.80. The quantitative estimate of drug-likeness (QED) is 0.784. The maximum Gasteiger partial charge on any atom is 0.159 e. The van der Waals surface area contributed by atoms with E-state index >= 15 is 0 Å². The Hall–Kier alpha value is -2.09. The first-order chi connectivity index (χ1) is 9.00. The van der Waals surface area contributed by atoms with E-state index in [1.807, 2.05) is 25.5 Å². The van der Waals surface area contributed by atoms with Crippen LogP contribution in [0.3, 0.4) is 0 Å². The van der Waals surface area contributed by atoms with Crippen molar-refractivity contribution in [2.24, 2.45) is 12.8 Å². The zero-order valence-electron chi connectivity index (χ0n) is 11.0. The molecular formula is C11H15N7S. The van der Waals surface area contributed by atoms with Crippen LogP contribution < -0.4 is 11.1 Å². The number of aromatic nitrogens is 5. The second-order valence-corrected chi connectivity index (χ2v) is 4.65. The van der Waals surface area contributed by atoms with Gasteiger partial charge in [-0.05, 0) is 19.4 Å². The van der Waals surface area contributed by atoms with E-state index in [-0.39, 0.29) is 0 Å². The lowest BCUT2D eigenvalue weighted by atomic mass is 10.1. The minimum absolute atomic E-state index is 0.302. The highest BCUT2D eigenvalue weighted by Crippen LogP contribution is 2.18. The Kier molecular flexibility index (Phi) is 3.70. The number of rotatable bonds is 4.